The van der Waals surface area contributed by atoms with Crippen molar-refractivity contribution in [3.63, 3.8) is 0 Å². The number of likely N-dealkylation sites (tertiary alicyclic amines) is 1. The lowest BCUT2D eigenvalue weighted by Crippen LogP contribution is -2.32. The molecule has 1 amide bonds. The number of hydrogen-bond acceptors (Lipinski definition) is 3. The minimum atomic E-state index is -0.150. The lowest BCUT2D eigenvalue weighted by atomic mass is 9.99. The summed E-state index contributed by atoms with van der Waals surface area (Å²) >= 11 is 0. The molecule has 3 rings (SSSR count). The van der Waals surface area contributed by atoms with E-state index in [1.165, 1.54) is 37.1 Å². The Labute approximate surface area is 156 Å². The van der Waals surface area contributed by atoms with Gasteiger partial charge < -0.3 is 10.1 Å². The maximum Gasteiger partial charge on any atom is 0.262 e. The summed E-state index contributed by atoms with van der Waals surface area (Å²) in [5.74, 6) is 1.41. The summed E-state index contributed by atoms with van der Waals surface area (Å²) in [6.07, 6.45) is 2.57. The van der Waals surface area contributed by atoms with Gasteiger partial charge in [0, 0.05) is 12.2 Å². The number of hydrogen-bond donors (Lipinski definition) is 1. The van der Waals surface area contributed by atoms with Crippen molar-refractivity contribution >= 4 is 11.6 Å². The van der Waals surface area contributed by atoms with E-state index in [0.717, 1.165) is 18.2 Å². The molecule has 1 fully saturated rings. The summed E-state index contributed by atoms with van der Waals surface area (Å²) in [6, 6.07) is 15.8. The van der Waals surface area contributed by atoms with Crippen LogP contribution in [0.3, 0.4) is 0 Å². The fourth-order valence-electron chi connectivity index (χ4n) is 3.15. The lowest BCUT2D eigenvalue weighted by Gasteiger charge is -2.30. The van der Waals surface area contributed by atoms with Gasteiger partial charge in [0.15, 0.2) is 6.61 Å². The van der Waals surface area contributed by atoms with Crippen LogP contribution in [-0.2, 0) is 11.3 Å². The van der Waals surface area contributed by atoms with Crippen LogP contribution in [0.15, 0.2) is 48.5 Å². The third-order valence-electron chi connectivity index (χ3n) is 4.91. The van der Waals surface area contributed by atoms with E-state index in [-0.39, 0.29) is 12.5 Å². The minimum Gasteiger partial charge on any atom is -0.484 e. The third-order valence-corrected chi connectivity index (χ3v) is 4.91. The molecule has 1 aliphatic heterocycles. The Bertz CT molecular complexity index is 702. The van der Waals surface area contributed by atoms with Gasteiger partial charge in [0.25, 0.3) is 5.91 Å². The van der Waals surface area contributed by atoms with Crippen LogP contribution in [-0.4, -0.2) is 30.5 Å². The first-order chi connectivity index (χ1) is 12.6. The van der Waals surface area contributed by atoms with Crippen LogP contribution in [0.2, 0.25) is 0 Å². The topological polar surface area (TPSA) is 41.6 Å². The summed E-state index contributed by atoms with van der Waals surface area (Å²) in [5, 5.41) is 2.88. The lowest BCUT2D eigenvalue weighted by molar-refractivity contribution is -0.118. The smallest absolute Gasteiger partial charge is 0.262 e. The van der Waals surface area contributed by atoms with E-state index >= 15 is 0 Å². The summed E-state index contributed by atoms with van der Waals surface area (Å²) in [7, 11) is 0. The molecule has 1 saturated heterocycles. The number of nitrogens with one attached hydrogen (secondary N) is 1. The van der Waals surface area contributed by atoms with E-state index < -0.39 is 0 Å². The first-order valence-corrected chi connectivity index (χ1v) is 9.39. The zero-order valence-corrected chi connectivity index (χ0v) is 15.7. The molecule has 1 aliphatic rings. The van der Waals surface area contributed by atoms with Crippen LogP contribution in [0, 0.1) is 12.8 Å². The van der Waals surface area contributed by atoms with Gasteiger partial charge >= 0.3 is 0 Å². The van der Waals surface area contributed by atoms with Crippen LogP contribution < -0.4 is 10.1 Å². The maximum absolute atomic E-state index is 12.0. The van der Waals surface area contributed by atoms with Crippen molar-refractivity contribution in [2.24, 2.45) is 5.92 Å². The number of piperidine rings is 1. The van der Waals surface area contributed by atoms with E-state index in [1.807, 2.05) is 43.3 Å². The van der Waals surface area contributed by atoms with E-state index in [9.17, 15) is 4.79 Å². The molecule has 1 heterocycles. The largest absolute Gasteiger partial charge is 0.484 e. The predicted molar refractivity (Wildman–Crippen MR) is 105 cm³/mol. The molecule has 1 N–H and O–H groups in total. The van der Waals surface area contributed by atoms with E-state index in [4.69, 9.17) is 4.74 Å². The third kappa shape index (κ3) is 5.60. The Hall–Kier alpha value is -2.33. The standard InChI is InChI=1S/C22H28N2O2/c1-17-3-9-21(10-4-17)26-16-22(25)23-20-7-5-19(6-8-20)15-24-13-11-18(2)12-14-24/h3-10,18H,11-16H2,1-2H3,(H,23,25). The number of anilines is 1. The maximum atomic E-state index is 12.0. The Kier molecular flexibility index (Phi) is 6.29. The van der Waals surface area contributed by atoms with Crippen molar-refractivity contribution in [1.82, 2.24) is 4.90 Å². The zero-order chi connectivity index (χ0) is 18.4. The number of ether oxygens (including phenoxy) is 1. The SMILES string of the molecule is Cc1ccc(OCC(=O)Nc2ccc(CN3CCC(C)CC3)cc2)cc1. The molecular formula is C22H28N2O2. The second-order valence-electron chi connectivity index (χ2n) is 7.31. The molecule has 0 aromatic heterocycles. The van der Waals surface area contributed by atoms with E-state index in [2.05, 4.69) is 29.3 Å². The van der Waals surface area contributed by atoms with Crippen LogP contribution in [0.4, 0.5) is 5.69 Å². The minimum absolute atomic E-state index is 0.0107. The number of benzene rings is 2. The Morgan fingerprint density at radius 1 is 1.08 bits per heavy atom. The Morgan fingerprint density at radius 2 is 1.73 bits per heavy atom. The van der Waals surface area contributed by atoms with Gasteiger partial charge in [-0.1, -0.05) is 36.8 Å². The zero-order valence-electron chi connectivity index (χ0n) is 15.7. The highest BCUT2D eigenvalue weighted by Crippen LogP contribution is 2.19. The van der Waals surface area contributed by atoms with Crippen molar-refractivity contribution in [2.45, 2.75) is 33.2 Å². The average Bonchev–Trinajstić information content (AvgIpc) is 2.65. The molecule has 2 aromatic carbocycles. The van der Waals surface area contributed by atoms with Crippen molar-refractivity contribution in [3.8, 4) is 5.75 Å². The second kappa shape index (κ2) is 8.86. The average molecular weight is 352 g/mol. The monoisotopic (exact) mass is 352 g/mol. The number of rotatable bonds is 6. The van der Waals surface area contributed by atoms with Gasteiger partial charge in [-0.15, -0.1) is 0 Å². The fraction of sp³-hybridized carbons (Fsp3) is 0.409. The first-order valence-electron chi connectivity index (χ1n) is 9.39. The van der Waals surface area contributed by atoms with Gasteiger partial charge in [-0.2, -0.15) is 0 Å². The van der Waals surface area contributed by atoms with Gasteiger partial charge in [0.05, 0.1) is 0 Å². The molecule has 138 valence electrons. The van der Waals surface area contributed by atoms with Crippen LogP contribution in [0.1, 0.15) is 30.9 Å². The normalized spacial score (nSPS) is 15.6. The highest BCUT2D eigenvalue weighted by atomic mass is 16.5. The number of amides is 1. The van der Waals surface area contributed by atoms with Crippen molar-refractivity contribution in [2.75, 3.05) is 25.0 Å². The van der Waals surface area contributed by atoms with Crippen LogP contribution >= 0.6 is 0 Å². The molecule has 0 aliphatic carbocycles. The van der Waals surface area contributed by atoms with Gasteiger partial charge in [0.1, 0.15) is 5.75 Å². The summed E-state index contributed by atoms with van der Waals surface area (Å²) in [6.45, 7) is 7.70. The number of carbonyl (C=O) groups excluding carboxylic acids is 1. The predicted octanol–water partition coefficient (Wildman–Crippen LogP) is 4.24. The Morgan fingerprint density at radius 3 is 2.38 bits per heavy atom. The van der Waals surface area contributed by atoms with Crippen molar-refractivity contribution in [3.05, 3.63) is 59.7 Å². The van der Waals surface area contributed by atoms with Crippen LogP contribution in [0.25, 0.3) is 0 Å². The molecule has 0 saturated carbocycles. The molecule has 4 nitrogen and oxygen atoms in total. The highest BCUT2D eigenvalue weighted by molar-refractivity contribution is 5.91. The molecule has 0 spiro atoms. The molecule has 0 unspecified atom stereocenters. The van der Waals surface area contributed by atoms with Gasteiger partial charge in [-0.3, -0.25) is 9.69 Å². The fourth-order valence-corrected chi connectivity index (χ4v) is 3.15. The molecule has 2 aromatic rings. The number of nitrogens with zero attached hydrogens (tertiary/aromatic N) is 1. The molecular weight excluding hydrogens is 324 g/mol. The molecule has 26 heavy (non-hydrogen) atoms. The van der Waals surface area contributed by atoms with Gasteiger partial charge in [-0.25, -0.2) is 0 Å². The summed E-state index contributed by atoms with van der Waals surface area (Å²) in [5.41, 5.74) is 3.26. The van der Waals surface area contributed by atoms with Gasteiger partial charge in [-0.05, 0) is 68.6 Å². The molecule has 0 bridgehead atoms. The van der Waals surface area contributed by atoms with Crippen LogP contribution in [0.5, 0.6) is 5.75 Å². The Balaban J connectivity index is 1.44. The molecule has 4 heteroatoms. The molecule has 0 atom stereocenters. The summed E-state index contributed by atoms with van der Waals surface area (Å²) in [4.78, 5) is 14.5. The second-order valence-corrected chi connectivity index (χ2v) is 7.31. The quantitative estimate of drug-likeness (QED) is 0.845. The molecule has 0 radical (unpaired) electrons. The number of carbonyl (C=O) groups is 1. The van der Waals surface area contributed by atoms with E-state index in [0.29, 0.717) is 5.75 Å². The summed E-state index contributed by atoms with van der Waals surface area (Å²) < 4.78 is 5.51. The van der Waals surface area contributed by atoms with Crippen molar-refractivity contribution in [1.29, 1.82) is 0 Å². The highest BCUT2D eigenvalue weighted by Gasteiger charge is 2.15. The van der Waals surface area contributed by atoms with Gasteiger partial charge in [0.2, 0.25) is 0 Å². The first kappa shape index (κ1) is 18.5. The number of aryl methyl sites for hydroxylation is 1. The van der Waals surface area contributed by atoms with Crippen molar-refractivity contribution < 1.29 is 9.53 Å². The van der Waals surface area contributed by atoms with E-state index in [1.54, 1.807) is 0 Å².